The van der Waals surface area contributed by atoms with Gasteiger partial charge in [-0.05, 0) is 49.8 Å². The SMILES string of the molecule is CCN(CC)c1ccc(C=C2C(=O)N(c3ccccc3)N=C2C(C)=O)cc1. The second kappa shape index (κ2) is 7.99. The van der Waals surface area contributed by atoms with Gasteiger partial charge in [-0.25, -0.2) is 0 Å². The summed E-state index contributed by atoms with van der Waals surface area (Å²) in [6.45, 7) is 7.53. The summed E-state index contributed by atoms with van der Waals surface area (Å²) < 4.78 is 0. The van der Waals surface area contributed by atoms with Gasteiger partial charge in [0.15, 0.2) is 5.78 Å². The van der Waals surface area contributed by atoms with Crippen LogP contribution in [0.1, 0.15) is 26.3 Å². The van der Waals surface area contributed by atoms with Crippen molar-refractivity contribution in [2.24, 2.45) is 5.10 Å². The summed E-state index contributed by atoms with van der Waals surface area (Å²) >= 11 is 0. The molecule has 1 amide bonds. The zero-order chi connectivity index (χ0) is 19.4. The quantitative estimate of drug-likeness (QED) is 0.733. The third-order valence-corrected chi connectivity index (χ3v) is 4.54. The first kappa shape index (κ1) is 18.6. The second-order valence-electron chi connectivity index (χ2n) is 6.28. The summed E-state index contributed by atoms with van der Waals surface area (Å²) in [4.78, 5) is 27.2. The standard InChI is InChI=1S/C22H23N3O2/c1-4-24(5-2)18-13-11-17(12-14-18)15-20-21(16(3)26)23-25(22(20)27)19-9-7-6-8-10-19/h6-15H,4-5H2,1-3H3. The van der Waals surface area contributed by atoms with Crippen LogP contribution in [-0.4, -0.2) is 30.5 Å². The summed E-state index contributed by atoms with van der Waals surface area (Å²) in [6.07, 6.45) is 1.73. The zero-order valence-corrected chi connectivity index (χ0v) is 15.8. The van der Waals surface area contributed by atoms with Crippen molar-refractivity contribution in [3.05, 3.63) is 65.7 Å². The lowest BCUT2D eigenvalue weighted by atomic mass is 10.0. The fourth-order valence-electron chi connectivity index (χ4n) is 3.09. The molecule has 5 nitrogen and oxygen atoms in total. The van der Waals surface area contributed by atoms with E-state index in [1.54, 1.807) is 18.2 Å². The molecule has 0 saturated carbocycles. The van der Waals surface area contributed by atoms with Crippen molar-refractivity contribution in [1.29, 1.82) is 0 Å². The maximum atomic E-state index is 12.9. The van der Waals surface area contributed by atoms with Crippen LogP contribution < -0.4 is 9.91 Å². The molecule has 0 spiro atoms. The topological polar surface area (TPSA) is 53.0 Å². The number of amides is 1. The van der Waals surface area contributed by atoms with Crippen LogP contribution in [0.2, 0.25) is 0 Å². The largest absolute Gasteiger partial charge is 0.372 e. The number of rotatable bonds is 6. The van der Waals surface area contributed by atoms with Gasteiger partial charge < -0.3 is 4.90 Å². The molecule has 0 unspecified atom stereocenters. The van der Waals surface area contributed by atoms with Gasteiger partial charge in [0.1, 0.15) is 5.71 Å². The summed E-state index contributed by atoms with van der Waals surface area (Å²) in [5, 5.41) is 5.55. The first-order valence-corrected chi connectivity index (χ1v) is 9.11. The van der Waals surface area contributed by atoms with Crippen LogP contribution in [0.5, 0.6) is 0 Å². The lowest BCUT2D eigenvalue weighted by Crippen LogP contribution is -2.22. The predicted molar refractivity (Wildman–Crippen MR) is 110 cm³/mol. The van der Waals surface area contributed by atoms with E-state index in [-0.39, 0.29) is 17.4 Å². The number of hydrogen-bond donors (Lipinski definition) is 0. The summed E-state index contributed by atoms with van der Waals surface area (Å²) in [5.74, 6) is -0.521. The number of ketones is 1. The molecule has 0 atom stereocenters. The number of nitrogens with zero attached hydrogens (tertiary/aromatic N) is 3. The Hall–Kier alpha value is -3.21. The van der Waals surface area contributed by atoms with Gasteiger partial charge in [-0.1, -0.05) is 30.3 Å². The van der Waals surface area contributed by atoms with E-state index >= 15 is 0 Å². The zero-order valence-electron chi connectivity index (χ0n) is 15.8. The molecular formula is C22H23N3O2. The Balaban J connectivity index is 1.94. The van der Waals surface area contributed by atoms with E-state index in [2.05, 4.69) is 23.8 Å². The van der Waals surface area contributed by atoms with Crippen LogP contribution in [0.3, 0.4) is 0 Å². The highest BCUT2D eigenvalue weighted by Crippen LogP contribution is 2.26. The van der Waals surface area contributed by atoms with Gasteiger partial charge in [-0.2, -0.15) is 10.1 Å². The molecule has 0 N–H and O–H groups in total. The van der Waals surface area contributed by atoms with Crippen LogP contribution in [0.25, 0.3) is 6.08 Å². The highest BCUT2D eigenvalue weighted by Gasteiger charge is 2.33. The van der Waals surface area contributed by atoms with E-state index in [9.17, 15) is 9.59 Å². The summed E-state index contributed by atoms with van der Waals surface area (Å²) in [7, 11) is 0. The molecule has 0 bridgehead atoms. The molecule has 1 heterocycles. The molecule has 0 aliphatic carbocycles. The van der Waals surface area contributed by atoms with Crippen LogP contribution in [-0.2, 0) is 9.59 Å². The maximum Gasteiger partial charge on any atom is 0.281 e. The number of para-hydroxylation sites is 1. The summed E-state index contributed by atoms with van der Waals surface area (Å²) in [5.41, 5.74) is 3.14. The van der Waals surface area contributed by atoms with E-state index in [1.165, 1.54) is 11.9 Å². The Bertz CT molecular complexity index is 895. The molecule has 2 aromatic carbocycles. The third kappa shape index (κ3) is 3.82. The second-order valence-corrected chi connectivity index (χ2v) is 6.28. The molecule has 5 heteroatoms. The fraction of sp³-hybridized carbons (Fsp3) is 0.227. The molecule has 0 radical (unpaired) electrons. The van der Waals surface area contributed by atoms with Gasteiger partial charge in [0.05, 0.1) is 11.3 Å². The molecule has 2 aromatic rings. The van der Waals surface area contributed by atoms with E-state index in [0.717, 1.165) is 24.3 Å². The minimum Gasteiger partial charge on any atom is -0.372 e. The average molecular weight is 361 g/mol. The molecule has 138 valence electrons. The maximum absolute atomic E-state index is 12.9. The number of hydrogen-bond acceptors (Lipinski definition) is 4. The van der Waals surface area contributed by atoms with Crippen molar-refractivity contribution in [2.75, 3.05) is 23.0 Å². The third-order valence-electron chi connectivity index (χ3n) is 4.54. The lowest BCUT2D eigenvalue weighted by Gasteiger charge is -2.20. The van der Waals surface area contributed by atoms with Crippen LogP contribution >= 0.6 is 0 Å². The van der Waals surface area contributed by atoms with E-state index < -0.39 is 0 Å². The Morgan fingerprint density at radius 2 is 1.67 bits per heavy atom. The van der Waals surface area contributed by atoms with Crippen molar-refractivity contribution >= 4 is 34.9 Å². The van der Waals surface area contributed by atoms with E-state index in [0.29, 0.717) is 11.3 Å². The van der Waals surface area contributed by atoms with Crippen molar-refractivity contribution in [1.82, 2.24) is 0 Å². The number of carbonyl (C=O) groups excluding carboxylic acids is 2. The first-order chi connectivity index (χ1) is 13.0. The first-order valence-electron chi connectivity index (χ1n) is 9.11. The molecule has 0 fully saturated rings. The molecule has 27 heavy (non-hydrogen) atoms. The van der Waals surface area contributed by atoms with E-state index in [4.69, 9.17) is 0 Å². The molecule has 1 aliphatic rings. The van der Waals surface area contributed by atoms with Crippen LogP contribution in [0.4, 0.5) is 11.4 Å². The molecule has 1 aliphatic heterocycles. The molecule has 0 saturated heterocycles. The number of hydrazone groups is 1. The highest BCUT2D eigenvalue weighted by molar-refractivity contribution is 6.55. The van der Waals surface area contributed by atoms with Gasteiger partial charge in [0, 0.05) is 25.7 Å². The molecule has 3 rings (SSSR count). The van der Waals surface area contributed by atoms with Crippen molar-refractivity contribution < 1.29 is 9.59 Å². The van der Waals surface area contributed by atoms with E-state index in [1.807, 2.05) is 42.5 Å². The van der Waals surface area contributed by atoms with Crippen molar-refractivity contribution in [3.63, 3.8) is 0 Å². The number of Topliss-reactive ketones (excluding diaryl/α,β-unsaturated/α-hetero) is 1. The smallest absolute Gasteiger partial charge is 0.281 e. The highest BCUT2D eigenvalue weighted by atomic mass is 16.2. The molecular weight excluding hydrogens is 338 g/mol. The van der Waals surface area contributed by atoms with Gasteiger partial charge in [-0.15, -0.1) is 0 Å². The number of anilines is 2. The number of carbonyl (C=O) groups is 2. The van der Waals surface area contributed by atoms with Gasteiger partial charge in [0.25, 0.3) is 5.91 Å². The average Bonchev–Trinajstić information content (AvgIpc) is 3.01. The molecule has 0 aromatic heterocycles. The minimum atomic E-state index is -0.292. The van der Waals surface area contributed by atoms with Gasteiger partial charge in [-0.3, -0.25) is 9.59 Å². The van der Waals surface area contributed by atoms with Crippen molar-refractivity contribution in [3.8, 4) is 0 Å². The van der Waals surface area contributed by atoms with Gasteiger partial charge in [0.2, 0.25) is 0 Å². The predicted octanol–water partition coefficient (Wildman–Crippen LogP) is 3.91. The Labute approximate surface area is 159 Å². The van der Waals surface area contributed by atoms with Gasteiger partial charge >= 0.3 is 0 Å². The Morgan fingerprint density at radius 1 is 1.04 bits per heavy atom. The van der Waals surface area contributed by atoms with Crippen LogP contribution in [0, 0.1) is 0 Å². The Morgan fingerprint density at radius 3 is 2.22 bits per heavy atom. The fourth-order valence-corrected chi connectivity index (χ4v) is 3.09. The van der Waals surface area contributed by atoms with Crippen molar-refractivity contribution in [2.45, 2.75) is 20.8 Å². The van der Waals surface area contributed by atoms with Crippen LogP contribution in [0.15, 0.2) is 65.3 Å². The number of benzene rings is 2. The normalized spacial score (nSPS) is 15.2. The monoisotopic (exact) mass is 361 g/mol. The lowest BCUT2D eigenvalue weighted by molar-refractivity contribution is -0.114. The Kier molecular flexibility index (Phi) is 5.50. The summed E-state index contributed by atoms with van der Waals surface area (Å²) in [6, 6.07) is 17.1. The minimum absolute atomic E-state index is 0.191.